The molecule has 0 aromatic heterocycles. The highest BCUT2D eigenvalue weighted by molar-refractivity contribution is 7.89. The second-order valence-electron chi connectivity index (χ2n) is 5.94. The Hall–Kier alpha value is -1.48. The van der Waals surface area contributed by atoms with Gasteiger partial charge in [-0.3, -0.25) is 9.69 Å². The fraction of sp³-hybridized carbons (Fsp3) is 0.533. The maximum Gasteiger partial charge on any atom is 0.242 e. The van der Waals surface area contributed by atoms with Crippen molar-refractivity contribution in [3.63, 3.8) is 0 Å². The quantitative estimate of drug-likeness (QED) is 0.824. The van der Waals surface area contributed by atoms with Gasteiger partial charge in [-0.1, -0.05) is 0 Å². The molecule has 0 spiro atoms. The first-order valence-electron chi connectivity index (χ1n) is 7.52. The minimum absolute atomic E-state index is 0.0854. The highest BCUT2D eigenvalue weighted by atomic mass is 32.2. The van der Waals surface area contributed by atoms with E-state index in [1.165, 1.54) is 26.2 Å². The van der Waals surface area contributed by atoms with Crippen molar-refractivity contribution >= 4 is 21.6 Å². The number of likely N-dealkylation sites (N-methyl/N-ethyl adjacent to an activating group) is 1. The third-order valence-electron chi connectivity index (χ3n) is 3.88. The van der Waals surface area contributed by atoms with Crippen LogP contribution in [-0.2, 0) is 14.8 Å². The first-order chi connectivity index (χ1) is 10.8. The van der Waals surface area contributed by atoms with Crippen LogP contribution in [0.25, 0.3) is 0 Å². The first-order valence-corrected chi connectivity index (χ1v) is 8.96. The number of nitrogens with one attached hydrogen (secondary N) is 1. The normalized spacial score (nSPS) is 17.4. The first kappa shape index (κ1) is 17.9. The molecule has 128 valence electrons. The number of anilines is 1. The highest BCUT2D eigenvalue weighted by Gasteiger charge is 2.18. The summed E-state index contributed by atoms with van der Waals surface area (Å²) in [7, 11) is 1.60. The minimum Gasteiger partial charge on any atom is -0.325 e. The summed E-state index contributed by atoms with van der Waals surface area (Å²) in [4.78, 5) is 16.6. The van der Waals surface area contributed by atoms with E-state index in [-0.39, 0.29) is 10.8 Å². The second kappa shape index (κ2) is 7.39. The average Bonchev–Trinajstić information content (AvgIpc) is 2.50. The van der Waals surface area contributed by atoms with Gasteiger partial charge in [-0.2, -0.15) is 0 Å². The van der Waals surface area contributed by atoms with Gasteiger partial charge in [-0.15, -0.1) is 0 Å². The van der Waals surface area contributed by atoms with Crippen LogP contribution in [0.5, 0.6) is 0 Å². The van der Waals surface area contributed by atoms with Gasteiger partial charge in [-0.05, 0) is 31.3 Å². The summed E-state index contributed by atoms with van der Waals surface area (Å²) >= 11 is 0. The maximum absolute atomic E-state index is 12.1. The Kier molecular flexibility index (Phi) is 5.74. The van der Waals surface area contributed by atoms with E-state index in [9.17, 15) is 13.2 Å². The van der Waals surface area contributed by atoms with Crippen molar-refractivity contribution in [3.05, 3.63) is 24.3 Å². The Balaban J connectivity index is 1.92. The largest absolute Gasteiger partial charge is 0.325 e. The molecular formula is C15H24N4O3S. The summed E-state index contributed by atoms with van der Waals surface area (Å²) in [6.07, 6.45) is 0. The van der Waals surface area contributed by atoms with E-state index in [4.69, 9.17) is 0 Å². The molecule has 1 aromatic rings. The smallest absolute Gasteiger partial charge is 0.242 e. The monoisotopic (exact) mass is 340 g/mol. The summed E-state index contributed by atoms with van der Waals surface area (Å²) in [5, 5.41) is 2.81. The number of hydrogen-bond acceptors (Lipinski definition) is 5. The van der Waals surface area contributed by atoms with Gasteiger partial charge in [0, 0.05) is 46.0 Å². The van der Waals surface area contributed by atoms with Crippen molar-refractivity contribution in [2.24, 2.45) is 0 Å². The molecule has 1 aromatic carbocycles. The van der Waals surface area contributed by atoms with Crippen LogP contribution < -0.4 is 5.32 Å². The van der Waals surface area contributed by atoms with Gasteiger partial charge in [0.2, 0.25) is 15.9 Å². The molecule has 1 aliphatic rings. The standard InChI is InChI=1S/C15H24N4O3S/c1-17(2)23(21,22)14-6-4-13(5-7-14)16-15(20)12-19-10-8-18(3)9-11-19/h4-7H,8-12H2,1-3H3,(H,16,20). The van der Waals surface area contributed by atoms with Crippen LogP contribution in [0.15, 0.2) is 29.2 Å². The van der Waals surface area contributed by atoms with Crippen LogP contribution in [0.4, 0.5) is 5.69 Å². The van der Waals surface area contributed by atoms with Gasteiger partial charge in [-0.25, -0.2) is 12.7 Å². The van der Waals surface area contributed by atoms with Crippen LogP contribution >= 0.6 is 0 Å². The number of nitrogens with zero attached hydrogens (tertiary/aromatic N) is 3. The Labute approximate surface area is 137 Å². The predicted octanol–water partition coefficient (Wildman–Crippen LogP) is 0.123. The number of amides is 1. The lowest BCUT2D eigenvalue weighted by Gasteiger charge is -2.31. The molecule has 1 amide bonds. The third-order valence-corrected chi connectivity index (χ3v) is 5.71. The molecule has 0 aliphatic carbocycles. The fourth-order valence-corrected chi connectivity index (χ4v) is 3.23. The number of piperazine rings is 1. The van der Waals surface area contributed by atoms with E-state index in [1.54, 1.807) is 12.1 Å². The molecule has 23 heavy (non-hydrogen) atoms. The Bertz CT molecular complexity index is 635. The van der Waals surface area contributed by atoms with Crippen molar-refractivity contribution in [3.8, 4) is 0 Å². The van der Waals surface area contributed by atoms with Gasteiger partial charge in [0.1, 0.15) is 0 Å². The molecule has 1 fully saturated rings. The summed E-state index contributed by atoms with van der Waals surface area (Å²) in [6, 6.07) is 6.22. The van der Waals surface area contributed by atoms with Crippen LogP contribution in [-0.4, -0.2) is 82.3 Å². The Morgan fingerprint density at radius 2 is 1.70 bits per heavy atom. The van der Waals surface area contributed by atoms with E-state index >= 15 is 0 Å². The topological polar surface area (TPSA) is 73.0 Å². The number of carbonyl (C=O) groups is 1. The fourth-order valence-electron chi connectivity index (χ4n) is 2.33. The van der Waals surface area contributed by atoms with Crippen molar-refractivity contribution in [1.29, 1.82) is 0 Å². The average molecular weight is 340 g/mol. The number of carbonyl (C=O) groups excluding carboxylic acids is 1. The summed E-state index contributed by atoms with van der Waals surface area (Å²) < 4.78 is 25.1. The molecule has 1 N–H and O–H groups in total. The van der Waals surface area contributed by atoms with Crippen molar-refractivity contribution in [2.45, 2.75) is 4.90 Å². The summed E-state index contributed by atoms with van der Waals surface area (Å²) in [5.74, 6) is -0.0854. The number of hydrogen-bond donors (Lipinski definition) is 1. The van der Waals surface area contributed by atoms with Gasteiger partial charge < -0.3 is 10.2 Å². The molecular weight excluding hydrogens is 316 g/mol. The lowest BCUT2D eigenvalue weighted by molar-refractivity contribution is -0.117. The van der Waals surface area contributed by atoms with Gasteiger partial charge in [0.05, 0.1) is 11.4 Å². The third kappa shape index (κ3) is 4.74. The lowest BCUT2D eigenvalue weighted by atomic mass is 10.3. The SMILES string of the molecule is CN1CCN(CC(=O)Nc2ccc(S(=O)(=O)N(C)C)cc2)CC1. The summed E-state index contributed by atoms with van der Waals surface area (Å²) in [6.45, 7) is 4.04. The molecule has 1 heterocycles. The minimum atomic E-state index is -3.44. The second-order valence-corrected chi connectivity index (χ2v) is 8.09. The van der Waals surface area contributed by atoms with Crippen LogP contribution in [0.1, 0.15) is 0 Å². The summed E-state index contributed by atoms with van der Waals surface area (Å²) in [5.41, 5.74) is 0.599. The molecule has 0 bridgehead atoms. The zero-order chi connectivity index (χ0) is 17.0. The van der Waals surface area contributed by atoms with E-state index in [0.29, 0.717) is 12.2 Å². The zero-order valence-corrected chi connectivity index (χ0v) is 14.6. The maximum atomic E-state index is 12.1. The van der Waals surface area contributed by atoms with Crippen molar-refractivity contribution in [1.82, 2.24) is 14.1 Å². The molecule has 0 atom stereocenters. The van der Waals surface area contributed by atoms with E-state index in [0.717, 1.165) is 30.5 Å². The van der Waals surface area contributed by atoms with Crippen LogP contribution in [0.2, 0.25) is 0 Å². The molecule has 7 nitrogen and oxygen atoms in total. The number of benzene rings is 1. The molecule has 0 radical (unpaired) electrons. The molecule has 0 unspecified atom stereocenters. The van der Waals surface area contributed by atoms with Crippen LogP contribution in [0.3, 0.4) is 0 Å². The Morgan fingerprint density at radius 1 is 1.13 bits per heavy atom. The van der Waals surface area contributed by atoms with Crippen molar-refractivity contribution < 1.29 is 13.2 Å². The van der Waals surface area contributed by atoms with Gasteiger partial charge in [0.25, 0.3) is 0 Å². The molecule has 8 heteroatoms. The van der Waals surface area contributed by atoms with E-state index < -0.39 is 10.0 Å². The predicted molar refractivity (Wildman–Crippen MR) is 89.9 cm³/mol. The van der Waals surface area contributed by atoms with Gasteiger partial charge >= 0.3 is 0 Å². The van der Waals surface area contributed by atoms with Gasteiger partial charge in [0.15, 0.2) is 0 Å². The molecule has 0 saturated carbocycles. The van der Waals surface area contributed by atoms with Crippen molar-refractivity contribution in [2.75, 3.05) is 59.2 Å². The molecule has 1 saturated heterocycles. The van der Waals surface area contributed by atoms with E-state index in [1.807, 2.05) is 0 Å². The van der Waals surface area contributed by atoms with E-state index in [2.05, 4.69) is 22.2 Å². The Morgan fingerprint density at radius 3 is 2.22 bits per heavy atom. The molecule has 1 aliphatic heterocycles. The number of rotatable bonds is 5. The lowest BCUT2D eigenvalue weighted by Crippen LogP contribution is -2.47. The highest BCUT2D eigenvalue weighted by Crippen LogP contribution is 2.16. The zero-order valence-electron chi connectivity index (χ0n) is 13.8. The molecule has 2 rings (SSSR count). The number of sulfonamides is 1. The van der Waals surface area contributed by atoms with Crippen LogP contribution in [0, 0.1) is 0 Å².